The van der Waals surface area contributed by atoms with Crippen LogP contribution in [0, 0.1) is 11.6 Å². The van der Waals surface area contributed by atoms with Crippen LogP contribution in [0.5, 0.6) is 0 Å². The lowest BCUT2D eigenvalue weighted by molar-refractivity contribution is 0.628. The topological polar surface area (TPSA) is 37.8 Å². The first-order valence-electron chi connectivity index (χ1n) is 9.30. The second-order valence-electron chi connectivity index (χ2n) is 6.73. The third kappa shape index (κ3) is 4.89. The number of aromatic nitrogens is 2. The largest absolute Gasteiger partial charge is 0.309 e. The number of nitrogens with one attached hydrogen (secondary N) is 1. The van der Waals surface area contributed by atoms with Crippen molar-refractivity contribution in [1.29, 1.82) is 0 Å². The lowest BCUT2D eigenvalue weighted by atomic mass is 10.1. The van der Waals surface area contributed by atoms with Crippen molar-refractivity contribution in [1.82, 2.24) is 15.3 Å². The summed E-state index contributed by atoms with van der Waals surface area (Å²) in [5.41, 5.74) is 5.07. The molecule has 2 aromatic heterocycles. The van der Waals surface area contributed by atoms with E-state index in [0.29, 0.717) is 13.1 Å². The summed E-state index contributed by atoms with van der Waals surface area (Å²) in [5.74, 6) is -0.542. The van der Waals surface area contributed by atoms with Gasteiger partial charge in [0.25, 0.3) is 0 Å². The van der Waals surface area contributed by atoms with Gasteiger partial charge in [0.2, 0.25) is 0 Å². The van der Waals surface area contributed by atoms with E-state index in [1.807, 2.05) is 36.4 Å². The quantitative estimate of drug-likeness (QED) is 0.483. The molecule has 0 spiro atoms. The van der Waals surface area contributed by atoms with Gasteiger partial charge in [-0.1, -0.05) is 36.4 Å². The summed E-state index contributed by atoms with van der Waals surface area (Å²) >= 11 is 0. The number of hydrogen-bond donors (Lipinski definition) is 1. The van der Waals surface area contributed by atoms with Gasteiger partial charge in [-0.05, 0) is 47.5 Å². The van der Waals surface area contributed by atoms with Crippen molar-refractivity contribution in [2.45, 2.75) is 13.1 Å². The summed E-state index contributed by atoms with van der Waals surface area (Å²) in [5, 5.41) is 3.35. The van der Waals surface area contributed by atoms with E-state index in [-0.39, 0.29) is 11.6 Å². The second-order valence-corrected chi connectivity index (χ2v) is 6.73. The third-order valence-electron chi connectivity index (χ3n) is 4.55. The van der Waals surface area contributed by atoms with E-state index in [2.05, 4.69) is 15.3 Å². The Labute approximate surface area is 168 Å². The molecule has 2 heterocycles. The van der Waals surface area contributed by atoms with E-state index in [4.69, 9.17) is 0 Å². The van der Waals surface area contributed by atoms with Gasteiger partial charge in [0.15, 0.2) is 0 Å². The third-order valence-corrected chi connectivity index (χ3v) is 4.55. The molecule has 0 radical (unpaired) electrons. The van der Waals surface area contributed by atoms with Crippen LogP contribution < -0.4 is 5.32 Å². The molecule has 0 fully saturated rings. The predicted molar refractivity (Wildman–Crippen MR) is 110 cm³/mol. The zero-order valence-corrected chi connectivity index (χ0v) is 15.6. The summed E-state index contributed by atoms with van der Waals surface area (Å²) in [7, 11) is 0. The zero-order valence-electron chi connectivity index (χ0n) is 15.6. The molecule has 144 valence electrons. The maximum atomic E-state index is 13.3. The molecule has 0 aliphatic carbocycles. The Morgan fingerprint density at radius 1 is 0.621 bits per heavy atom. The van der Waals surface area contributed by atoms with E-state index in [9.17, 15) is 8.78 Å². The van der Waals surface area contributed by atoms with Crippen LogP contribution in [0.4, 0.5) is 8.78 Å². The second kappa shape index (κ2) is 8.71. The number of halogens is 2. The van der Waals surface area contributed by atoms with Gasteiger partial charge in [-0.15, -0.1) is 0 Å². The molecule has 0 saturated carbocycles. The molecule has 0 unspecified atom stereocenters. The summed E-state index contributed by atoms with van der Waals surface area (Å²) in [6.45, 7) is 1.31. The Bertz CT molecular complexity index is 1000. The SMILES string of the molecule is Fc1cccc(-c2ccc(CNCc3ccc(-c4cccc(F)c4)nc3)cn2)c1. The standard InChI is InChI=1S/C24H19F2N3/c25-21-5-1-3-19(11-21)23-9-7-17(15-28-23)13-27-14-18-8-10-24(29-16-18)20-4-2-6-22(26)12-20/h1-12,15-16,27H,13-14H2. The van der Waals surface area contributed by atoms with E-state index in [1.54, 1.807) is 24.5 Å². The molecule has 3 nitrogen and oxygen atoms in total. The Balaban J connectivity index is 1.33. The van der Waals surface area contributed by atoms with Crippen molar-refractivity contribution >= 4 is 0 Å². The van der Waals surface area contributed by atoms with E-state index in [0.717, 1.165) is 33.6 Å². The minimum atomic E-state index is -0.271. The highest BCUT2D eigenvalue weighted by molar-refractivity contribution is 5.59. The first-order valence-corrected chi connectivity index (χ1v) is 9.30. The Morgan fingerprint density at radius 3 is 1.48 bits per heavy atom. The van der Waals surface area contributed by atoms with Gasteiger partial charge < -0.3 is 5.32 Å². The molecule has 4 rings (SSSR count). The minimum absolute atomic E-state index is 0.271. The Hall–Kier alpha value is -3.44. The summed E-state index contributed by atoms with van der Waals surface area (Å²) in [6, 6.07) is 20.5. The summed E-state index contributed by atoms with van der Waals surface area (Å²) in [4.78, 5) is 8.84. The minimum Gasteiger partial charge on any atom is -0.309 e. The van der Waals surface area contributed by atoms with Gasteiger partial charge in [-0.2, -0.15) is 0 Å². The van der Waals surface area contributed by atoms with Crippen molar-refractivity contribution in [2.24, 2.45) is 0 Å². The van der Waals surface area contributed by atoms with Crippen molar-refractivity contribution in [3.8, 4) is 22.5 Å². The Kier molecular flexibility index (Phi) is 5.68. The smallest absolute Gasteiger partial charge is 0.123 e. The number of hydrogen-bond acceptors (Lipinski definition) is 3. The van der Waals surface area contributed by atoms with Gasteiger partial charge >= 0.3 is 0 Å². The van der Waals surface area contributed by atoms with Crippen LogP contribution in [-0.2, 0) is 13.1 Å². The summed E-state index contributed by atoms with van der Waals surface area (Å²) < 4.78 is 26.7. The maximum absolute atomic E-state index is 13.3. The molecule has 0 saturated heterocycles. The first kappa shape index (κ1) is 18.9. The zero-order chi connectivity index (χ0) is 20.1. The van der Waals surface area contributed by atoms with Crippen LogP contribution in [0.2, 0.25) is 0 Å². The van der Waals surface area contributed by atoms with E-state index >= 15 is 0 Å². The predicted octanol–water partition coefficient (Wildman–Crippen LogP) is 5.38. The van der Waals surface area contributed by atoms with Gasteiger partial charge in [-0.25, -0.2) is 8.78 Å². The molecule has 1 N–H and O–H groups in total. The van der Waals surface area contributed by atoms with Crippen LogP contribution in [-0.4, -0.2) is 9.97 Å². The monoisotopic (exact) mass is 387 g/mol. The molecule has 4 aromatic rings. The molecule has 0 atom stereocenters. The Morgan fingerprint density at radius 2 is 1.10 bits per heavy atom. The molecular formula is C24H19F2N3. The molecule has 2 aromatic carbocycles. The molecule has 0 bridgehead atoms. The molecule has 0 aliphatic heterocycles. The number of rotatable bonds is 6. The fourth-order valence-corrected chi connectivity index (χ4v) is 3.05. The average molecular weight is 387 g/mol. The van der Waals surface area contributed by atoms with Crippen molar-refractivity contribution in [2.75, 3.05) is 0 Å². The van der Waals surface area contributed by atoms with Crippen molar-refractivity contribution < 1.29 is 8.78 Å². The highest BCUT2D eigenvalue weighted by Gasteiger charge is 2.03. The molecule has 5 heteroatoms. The number of pyridine rings is 2. The van der Waals surface area contributed by atoms with E-state index in [1.165, 1.54) is 24.3 Å². The first-order chi connectivity index (χ1) is 14.2. The highest BCUT2D eigenvalue weighted by Crippen LogP contribution is 2.19. The van der Waals surface area contributed by atoms with Gasteiger partial charge in [0, 0.05) is 36.6 Å². The maximum Gasteiger partial charge on any atom is 0.123 e. The summed E-state index contributed by atoms with van der Waals surface area (Å²) in [6.07, 6.45) is 3.58. The van der Waals surface area contributed by atoms with E-state index < -0.39 is 0 Å². The van der Waals surface area contributed by atoms with Crippen molar-refractivity contribution in [3.63, 3.8) is 0 Å². The fourth-order valence-electron chi connectivity index (χ4n) is 3.05. The average Bonchev–Trinajstić information content (AvgIpc) is 2.75. The highest BCUT2D eigenvalue weighted by atomic mass is 19.1. The number of benzene rings is 2. The van der Waals surface area contributed by atoms with Crippen LogP contribution in [0.15, 0.2) is 85.2 Å². The van der Waals surface area contributed by atoms with Crippen LogP contribution in [0.25, 0.3) is 22.5 Å². The number of nitrogens with zero attached hydrogens (tertiary/aromatic N) is 2. The molecule has 0 amide bonds. The van der Waals surface area contributed by atoms with Crippen LogP contribution in [0.1, 0.15) is 11.1 Å². The van der Waals surface area contributed by atoms with Gasteiger partial charge in [0.05, 0.1) is 11.4 Å². The fraction of sp³-hybridized carbons (Fsp3) is 0.0833. The molecule has 0 aliphatic rings. The normalized spacial score (nSPS) is 10.8. The van der Waals surface area contributed by atoms with Crippen LogP contribution in [0.3, 0.4) is 0 Å². The van der Waals surface area contributed by atoms with Crippen LogP contribution >= 0.6 is 0 Å². The van der Waals surface area contributed by atoms with Gasteiger partial charge in [0.1, 0.15) is 11.6 Å². The van der Waals surface area contributed by atoms with Gasteiger partial charge in [-0.3, -0.25) is 9.97 Å². The molecule has 29 heavy (non-hydrogen) atoms. The molecular weight excluding hydrogens is 368 g/mol. The lowest BCUT2D eigenvalue weighted by Gasteiger charge is -2.07. The lowest BCUT2D eigenvalue weighted by Crippen LogP contribution is -2.13. The van der Waals surface area contributed by atoms with Crippen molar-refractivity contribution in [3.05, 3.63) is 108 Å².